The van der Waals surface area contributed by atoms with Crippen molar-refractivity contribution in [2.24, 2.45) is 5.73 Å². The molecule has 5 heteroatoms. The first-order valence-corrected chi connectivity index (χ1v) is 7.10. The summed E-state index contributed by atoms with van der Waals surface area (Å²) in [6.07, 6.45) is 3.60. The fourth-order valence-electron chi connectivity index (χ4n) is 2.29. The zero-order valence-electron chi connectivity index (χ0n) is 12.1. The van der Waals surface area contributed by atoms with E-state index in [0.717, 1.165) is 16.6 Å². The van der Waals surface area contributed by atoms with Crippen LogP contribution in [0.1, 0.15) is 5.56 Å². The van der Waals surface area contributed by atoms with Gasteiger partial charge in [0.25, 0.3) is 0 Å². The number of hydrogen-bond acceptors (Lipinski definition) is 4. The van der Waals surface area contributed by atoms with Crippen molar-refractivity contribution in [3.8, 4) is 0 Å². The standard InChI is InChI=1S/C17H17N3O2/c18-15(17(21)22-12-13-5-2-1-3-6-13)11-20-10-8-14-7-4-9-19-16(14)20/h1-10,15H,11-12,18H2. The molecule has 0 saturated carbocycles. The van der Waals surface area contributed by atoms with Crippen molar-refractivity contribution < 1.29 is 9.53 Å². The van der Waals surface area contributed by atoms with E-state index in [1.54, 1.807) is 6.20 Å². The number of pyridine rings is 1. The van der Waals surface area contributed by atoms with E-state index in [1.807, 2.05) is 59.3 Å². The van der Waals surface area contributed by atoms with Gasteiger partial charge in [-0.2, -0.15) is 0 Å². The second-order valence-corrected chi connectivity index (χ2v) is 5.08. The van der Waals surface area contributed by atoms with Gasteiger partial charge < -0.3 is 15.0 Å². The molecule has 0 bridgehead atoms. The fourth-order valence-corrected chi connectivity index (χ4v) is 2.29. The molecule has 2 aromatic heterocycles. The van der Waals surface area contributed by atoms with Gasteiger partial charge in [0.15, 0.2) is 0 Å². The third kappa shape index (κ3) is 3.15. The van der Waals surface area contributed by atoms with Crippen molar-refractivity contribution in [3.63, 3.8) is 0 Å². The Bertz CT molecular complexity index is 768. The van der Waals surface area contributed by atoms with Crippen molar-refractivity contribution in [2.45, 2.75) is 19.2 Å². The fraction of sp³-hybridized carbons (Fsp3) is 0.176. The molecule has 2 heterocycles. The van der Waals surface area contributed by atoms with Crippen molar-refractivity contribution in [2.75, 3.05) is 0 Å². The highest BCUT2D eigenvalue weighted by molar-refractivity contribution is 5.77. The molecule has 2 N–H and O–H groups in total. The molecule has 0 aliphatic heterocycles. The van der Waals surface area contributed by atoms with Crippen LogP contribution in [0.25, 0.3) is 11.0 Å². The minimum absolute atomic E-state index is 0.234. The topological polar surface area (TPSA) is 70.1 Å². The highest BCUT2D eigenvalue weighted by Crippen LogP contribution is 2.12. The Morgan fingerprint density at radius 2 is 2.00 bits per heavy atom. The van der Waals surface area contributed by atoms with Crippen LogP contribution in [0.4, 0.5) is 0 Å². The number of hydrogen-bond donors (Lipinski definition) is 1. The molecule has 0 spiro atoms. The smallest absolute Gasteiger partial charge is 0.325 e. The number of fused-ring (bicyclic) bond motifs is 1. The van der Waals surface area contributed by atoms with Crippen molar-refractivity contribution >= 4 is 17.0 Å². The van der Waals surface area contributed by atoms with Crippen molar-refractivity contribution in [3.05, 3.63) is 66.5 Å². The maximum atomic E-state index is 12.0. The molecule has 0 amide bonds. The maximum absolute atomic E-state index is 12.0. The zero-order chi connectivity index (χ0) is 15.4. The summed E-state index contributed by atoms with van der Waals surface area (Å²) in [6, 6.07) is 14.6. The Morgan fingerprint density at radius 3 is 2.82 bits per heavy atom. The minimum Gasteiger partial charge on any atom is -0.460 e. The number of esters is 1. The summed E-state index contributed by atoms with van der Waals surface area (Å²) in [5.74, 6) is -0.415. The summed E-state index contributed by atoms with van der Waals surface area (Å²) in [7, 11) is 0. The molecule has 22 heavy (non-hydrogen) atoms. The second kappa shape index (κ2) is 6.41. The van der Waals surface area contributed by atoms with E-state index in [9.17, 15) is 4.79 Å². The Kier molecular flexibility index (Phi) is 4.16. The molecule has 3 aromatic rings. The second-order valence-electron chi connectivity index (χ2n) is 5.08. The van der Waals surface area contributed by atoms with Crippen LogP contribution in [0, 0.1) is 0 Å². The van der Waals surface area contributed by atoms with Gasteiger partial charge in [-0.3, -0.25) is 4.79 Å². The molecule has 3 rings (SSSR count). The van der Waals surface area contributed by atoms with Gasteiger partial charge in [-0.05, 0) is 23.8 Å². The van der Waals surface area contributed by atoms with Crippen LogP contribution in [-0.2, 0) is 22.7 Å². The maximum Gasteiger partial charge on any atom is 0.325 e. The van der Waals surface area contributed by atoms with Gasteiger partial charge in [-0.25, -0.2) is 4.98 Å². The van der Waals surface area contributed by atoms with Crippen molar-refractivity contribution in [1.82, 2.24) is 9.55 Å². The Hall–Kier alpha value is -2.66. The van der Waals surface area contributed by atoms with E-state index in [2.05, 4.69) is 4.98 Å². The number of carbonyl (C=O) groups excluding carboxylic acids is 1. The molecule has 112 valence electrons. The largest absolute Gasteiger partial charge is 0.460 e. The van der Waals surface area contributed by atoms with Crippen molar-refractivity contribution in [1.29, 1.82) is 0 Å². The van der Waals surface area contributed by atoms with E-state index < -0.39 is 12.0 Å². The molecular weight excluding hydrogens is 278 g/mol. The summed E-state index contributed by atoms with van der Waals surface area (Å²) < 4.78 is 7.12. The Labute approximate surface area is 128 Å². The van der Waals surface area contributed by atoms with Crippen LogP contribution < -0.4 is 5.73 Å². The number of rotatable bonds is 5. The first-order valence-electron chi connectivity index (χ1n) is 7.10. The molecular formula is C17H17N3O2. The van der Waals surface area contributed by atoms with Crippen LogP contribution in [0.15, 0.2) is 60.9 Å². The lowest BCUT2D eigenvalue weighted by atomic mass is 10.2. The van der Waals surface area contributed by atoms with Crippen LogP contribution in [0.5, 0.6) is 0 Å². The normalized spacial score (nSPS) is 12.2. The van der Waals surface area contributed by atoms with Gasteiger partial charge in [0.05, 0.1) is 0 Å². The highest BCUT2D eigenvalue weighted by atomic mass is 16.5. The molecule has 0 saturated heterocycles. The van der Waals surface area contributed by atoms with E-state index >= 15 is 0 Å². The van der Waals surface area contributed by atoms with Gasteiger partial charge in [-0.15, -0.1) is 0 Å². The predicted octanol–water partition coefficient (Wildman–Crippen LogP) is 2.11. The number of carbonyl (C=O) groups is 1. The van der Waals surface area contributed by atoms with E-state index in [1.165, 1.54) is 0 Å². The number of benzene rings is 1. The van der Waals surface area contributed by atoms with Crippen LogP contribution in [0.3, 0.4) is 0 Å². The Morgan fingerprint density at radius 1 is 1.18 bits per heavy atom. The molecule has 1 atom stereocenters. The lowest BCUT2D eigenvalue weighted by molar-refractivity contribution is -0.146. The first kappa shape index (κ1) is 14.3. The number of aromatic nitrogens is 2. The predicted molar refractivity (Wildman–Crippen MR) is 83.9 cm³/mol. The third-order valence-corrected chi connectivity index (χ3v) is 3.44. The van der Waals surface area contributed by atoms with Gasteiger partial charge in [0, 0.05) is 24.3 Å². The minimum atomic E-state index is -0.721. The van der Waals surface area contributed by atoms with Gasteiger partial charge in [0.1, 0.15) is 18.3 Å². The SMILES string of the molecule is NC(Cn1ccc2cccnc21)C(=O)OCc1ccccc1. The lowest BCUT2D eigenvalue weighted by Crippen LogP contribution is -2.36. The summed E-state index contributed by atoms with van der Waals surface area (Å²) in [5.41, 5.74) is 7.70. The summed E-state index contributed by atoms with van der Waals surface area (Å²) in [4.78, 5) is 16.3. The average Bonchev–Trinajstić information content (AvgIpc) is 2.97. The summed E-state index contributed by atoms with van der Waals surface area (Å²) >= 11 is 0. The van der Waals surface area contributed by atoms with Crippen LogP contribution >= 0.6 is 0 Å². The molecule has 1 aromatic carbocycles. The molecule has 0 aliphatic rings. The zero-order valence-corrected chi connectivity index (χ0v) is 12.1. The number of ether oxygens (including phenoxy) is 1. The monoisotopic (exact) mass is 295 g/mol. The van der Waals surface area contributed by atoms with Gasteiger partial charge in [-0.1, -0.05) is 30.3 Å². The average molecular weight is 295 g/mol. The van der Waals surface area contributed by atoms with Crippen LogP contribution in [0.2, 0.25) is 0 Å². The molecule has 0 aliphatic carbocycles. The lowest BCUT2D eigenvalue weighted by Gasteiger charge is -2.13. The van der Waals surface area contributed by atoms with E-state index in [-0.39, 0.29) is 6.61 Å². The number of nitrogens with zero attached hydrogens (tertiary/aromatic N) is 2. The highest BCUT2D eigenvalue weighted by Gasteiger charge is 2.17. The summed E-state index contributed by atoms with van der Waals surface area (Å²) in [5, 5.41) is 1.02. The molecule has 1 unspecified atom stereocenters. The number of nitrogens with two attached hydrogens (primary N) is 1. The van der Waals surface area contributed by atoms with E-state index in [0.29, 0.717) is 6.54 Å². The first-order chi connectivity index (χ1) is 10.7. The Balaban J connectivity index is 1.61. The molecule has 0 fully saturated rings. The van der Waals surface area contributed by atoms with Gasteiger partial charge in [0.2, 0.25) is 0 Å². The summed E-state index contributed by atoms with van der Waals surface area (Å²) in [6.45, 7) is 0.576. The van der Waals surface area contributed by atoms with Gasteiger partial charge >= 0.3 is 5.97 Å². The quantitative estimate of drug-likeness (QED) is 0.732. The molecule has 0 radical (unpaired) electrons. The van der Waals surface area contributed by atoms with E-state index in [4.69, 9.17) is 10.5 Å². The van der Waals surface area contributed by atoms with Crippen LogP contribution in [-0.4, -0.2) is 21.6 Å². The third-order valence-electron chi connectivity index (χ3n) is 3.44. The molecule has 5 nitrogen and oxygen atoms in total.